The number of likely N-dealkylation sites (N-methyl/N-ethyl adjacent to an activating group) is 2. The van der Waals surface area contributed by atoms with Gasteiger partial charge in [-0.05, 0) is 75.0 Å². The molecule has 2 aliphatic heterocycles. The van der Waals surface area contributed by atoms with Gasteiger partial charge >= 0.3 is 0 Å². The van der Waals surface area contributed by atoms with Gasteiger partial charge in [0.15, 0.2) is 5.78 Å². The number of ketones is 2. The largest absolute Gasteiger partial charge is 0.379 e. The lowest BCUT2D eigenvalue weighted by molar-refractivity contribution is -0.149. The van der Waals surface area contributed by atoms with Crippen molar-refractivity contribution in [2.24, 2.45) is 29.6 Å². The molecule has 1 aromatic carbocycles. The van der Waals surface area contributed by atoms with Crippen LogP contribution in [0.25, 0.3) is 0 Å². The normalized spacial score (nSPS) is 24.8. The predicted octanol–water partition coefficient (Wildman–Crippen LogP) is 6.33. The maximum absolute atomic E-state index is 14.4. The number of Topliss-reactive ketones (excluding diaryl/α,β-unsaturated/α-hetero) is 2. The first kappa shape index (κ1) is 43.7. The number of ether oxygens (including phenoxy) is 2. The highest BCUT2D eigenvalue weighted by atomic mass is 16.5. The number of amides is 2. The average molecular weight is 776 g/mol. The molecular formula is C45H69N5O6. The Hall–Kier alpha value is -3.41. The third kappa shape index (κ3) is 9.81. The molecule has 0 unspecified atom stereocenters. The van der Waals surface area contributed by atoms with E-state index in [-0.39, 0.29) is 72.1 Å². The highest BCUT2D eigenvalue weighted by molar-refractivity contribution is 5.90. The summed E-state index contributed by atoms with van der Waals surface area (Å²) in [5.74, 6) is -0.422. The molecule has 11 heteroatoms. The number of hydrogen-bond acceptors (Lipinski definition) is 8. The Bertz CT molecular complexity index is 1580. The first-order valence-corrected chi connectivity index (χ1v) is 21.2. The number of methoxy groups -OCH3 is 2. The Labute approximate surface area is 335 Å². The van der Waals surface area contributed by atoms with E-state index in [1.54, 1.807) is 25.3 Å². The fourth-order valence-corrected chi connectivity index (χ4v) is 10.4. The van der Waals surface area contributed by atoms with Gasteiger partial charge in [-0.3, -0.25) is 29.2 Å². The van der Waals surface area contributed by atoms with E-state index in [1.165, 1.54) is 0 Å². The molecule has 2 aromatic rings. The number of aromatic nitrogens is 2. The van der Waals surface area contributed by atoms with E-state index < -0.39 is 24.0 Å². The maximum Gasteiger partial charge on any atom is 0.226 e. The minimum Gasteiger partial charge on any atom is -0.379 e. The fraction of sp³-hybridized carbons (Fsp3) is 0.711. The second-order valence-electron chi connectivity index (χ2n) is 17.5. The molecule has 11 atom stereocenters. The van der Waals surface area contributed by atoms with Gasteiger partial charge in [0.2, 0.25) is 11.8 Å². The van der Waals surface area contributed by atoms with Crippen LogP contribution in [-0.4, -0.2) is 120 Å². The summed E-state index contributed by atoms with van der Waals surface area (Å²) in [5, 5.41) is 7.24. The fourth-order valence-electron chi connectivity index (χ4n) is 10.4. The molecule has 2 amide bonds. The van der Waals surface area contributed by atoms with Crippen LogP contribution in [0.3, 0.4) is 0 Å². The van der Waals surface area contributed by atoms with Crippen LogP contribution in [-0.2, 0) is 35.1 Å². The Morgan fingerprint density at radius 1 is 0.964 bits per heavy atom. The lowest BCUT2D eigenvalue weighted by Crippen LogP contribution is -2.54. The van der Waals surface area contributed by atoms with Crippen LogP contribution in [0.2, 0.25) is 0 Å². The number of fused-ring (bicyclic) bond motifs is 2. The van der Waals surface area contributed by atoms with Crippen LogP contribution < -0.4 is 0 Å². The summed E-state index contributed by atoms with van der Waals surface area (Å²) in [7, 11) is 7.13. The minimum absolute atomic E-state index is 0.0212. The van der Waals surface area contributed by atoms with Gasteiger partial charge in [0.05, 0.1) is 36.8 Å². The van der Waals surface area contributed by atoms with Crippen LogP contribution in [0, 0.1) is 29.6 Å². The first-order valence-electron chi connectivity index (χ1n) is 21.2. The summed E-state index contributed by atoms with van der Waals surface area (Å²) in [6.07, 6.45) is 7.70. The Balaban J connectivity index is 1.27. The van der Waals surface area contributed by atoms with Crippen molar-refractivity contribution in [2.75, 3.05) is 34.9 Å². The summed E-state index contributed by atoms with van der Waals surface area (Å²) >= 11 is 0. The molecule has 11 nitrogen and oxygen atoms in total. The number of benzene rings is 1. The number of hydrogen-bond donors (Lipinski definition) is 1. The molecule has 2 saturated heterocycles. The molecule has 1 saturated carbocycles. The number of rotatable bonds is 21. The number of likely N-dealkylation sites (tertiary alicyclic amines) is 2. The second kappa shape index (κ2) is 19.8. The monoisotopic (exact) mass is 776 g/mol. The van der Waals surface area contributed by atoms with Gasteiger partial charge in [0.25, 0.3) is 0 Å². The predicted molar refractivity (Wildman–Crippen MR) is 218 cm³/mol. The van der Waals surface area contributed by atoms with Crippen molar-refractivity contribution in [3.05, 3.63) is 53.9 Å². The first-order chi connectivity index (χ1) is 26.8. The SMILES string of the molecule is CC[C@H](C)[C@@H]([C@@H](CC(=O)N1CCC[C@H]1[C@H](OC)[C@@H](C)C(=O)C[C@@H](Cc1ccccc1)c1ccn[nH]1)OC)N(C)C(=O)[C@@H](CC(=O)[C@@H]1[C@H]2CC[C@H](C2)N1C)C(C)C. The molecular weight excluding hydrogens is 707 g/mol. The van der Waals surface area contributed by atoms with Gasteiger partial charge in [-0.15, -0.1) is 0 Å². The van der Waals surface area contributed by atoms with Crippen molar-refractivity contribution in [2.45, 2.75) is 141 Å². The summed E-state index contributed by atoms with van der Waals surface area (Å²) in [6.45, 7) is 10.7. The van der Waals surface area contributed by atoms with E-state index in [0.717, 1.165) is 49.8 Å². The van der Waals surface area contributed by atoms with E-state index in [1.807, 2.05) is 57.0 Å². The maximum atomic E-state index is 14.4. The number of H-pyrrole nitrogens is 1. The molecule has 3 heterocycles. The lowest BCUT2D eigenvalue weighted by Gasteiger charge is -2.41. The second-order valence-corrected chi connectivity index (χ2v) is 17.5. The van der Waals surface area contributed by atoms with Crippen LogP contribution in [0.4, 0.5) is 0 Å². The minimum atomic E-state index is -0.555. The van der Waals surface area contributed by atoms with E-state index in [9.17, 15) is 19.2 Å². The quantitative estimate of drug-likeness (QED) is 0.156. The molecule has 3 fully saturated rings. The standard InChI is InChI=1S/C45H69N5O6/c1-10-29(4)42(49(7)45(54)35(28(2)3)26-39(52)43-32-18-19-34(24-32)48(43)6)40(55-8)27-41(53)50-22-14-17-37(50)44(56-9)30(5)38(51)25-33(36-20-21-46-47-36)23-31-15-12-11-13-16-31/h11-13,15-16,20-21,28-30,32-35,37,40,42-44H,10,14,17-19,22-27H2,1-9H3,(H,46,47)/t29-,30-,32-,33+,34+,35-,37-,40+,42-,43-,44+/m0/s1. The van der Waals surface area contributed by atoms with Gasteiger partial charge in [0.1, 0.15) is 5.78 Å². The Morgan fingerprint density at radius 2 is 1.70 bits per heavy atom. The third-order valence-corrected chi connectivity index (χ3v) is 13.9. The molecule has 2 bridgehead atoms. The highest BCUT2D eigenvalue weighted by Gasteiger charge is 2.48. The molecule has 0 spiro atoms. The van der Waals surface area contributed by atoms with Crippen molar-refractivity contribution < 1.29 is 28.7 Å². The molecule has 1 aliphatic carbocycles. The number of aromatic amines is 1. The Morgan fingerprint density at radius 3 is 2.29 bits per heavy atom. The van der Waals surface area contributed by atoms with Gasteiger partial charge in [-0.2, -0.15) is 5.10 Å². The molecule has 1 N–H and O–H groups in total. The van der Waals surface area contributed by atoms with Crippen LogP contribution in [0.5, 0.6) is 0 Å². The number of carbonyl (C=O) groups is 4. The van der Waals surface area contributed by atoms with Crippen molar-refractivity contribution in [1.82, 2.24) is 24.9 Å². The number of nitrogens with one attached hydrogen (secondary N) is 1. The van der Waals surface area contributed by atoms with E-state index in [2.05, 4.69) is 48.1 Å². The van der Waals surface area contributed by atoms with Crippen molar-refractivity contribution >= 4 is 23.4 Å². The molecule has 1 aromatic heterocycles. The van der Waals surface area contributed by atoms with E-state index in [4.69, 9.17) is 9.47 Å². The zero-order valence-electron chi connectivity index (χ0n) is 35.5. The topological polar surface area (TPSA) is 125 Å². The Kier molecular flexibility index (Phi) is 15.5. The van der Waals surface area contributed by atoms with Crippen molar-refractivity contribution in [3.8, 4) is 0 Å². The number of nitrogens with zero attached hydrogens (tertiary/aromatic N) is 4. The summed E-state index contributed by atoms with van der Waals surface area (Å²) in [4.78, 5) is 62.5. The smallest absolute Gasteiger partial charge is 0.226 e. The molecule has 3 aliphatic rings. The van der Waals surface area contributed by atoms with E-state index in [0.29, 0.717) is 31.3 Å². The summed E-state index contributed by atoms with van der Waals surface area (Å²) in [6, 6.07) is 11.8. The van der Waals surface area contributed by atoms with Gasteiger partial charge in [-0.1, -0.05) is 71.4 Å². The molecule has 0 radical (unpaired) electrons. The van der Waals surface area contributed by atoms with Crippen LogP contribution in [0.15, 0.2) is 42.6 Å². The van der Waals surface area contributed by atoms with Crippen molar-refractivity contribution in [1.29, 1.82) is 0 Å². The summed E-state index contributed by atoms with van der Waals surface area (Å²) in [5.41, 5.74) is 2.07. The summed E-state index contributed by atoms with van der Waals surface area (Å²) < 4.78 is 12.2. The lowest BCUT2D eigenvalue weighted by atomic mass is 9.83. The van der Waals surface area contributed by atoms with Crippen LogP contribution >= 0.6 is 0 Å². The van der Waals surface area contributed by atoms with Gasteiger partial charge in [0, 0.05) is 76.3 Å². The highest BCUT2D eigenvalue weighted by Crippen LogP contribution is 2.43. The number of carbonyl (C=O) groups excluding carboxylic acids is 4. The molecule has 5 rings (SSSR count). The van der Waals surface area contributed by atoms with Gasteiger partial charge < -0.3 is 19.3 Å². The molecule has 310 valence electrons. The molecule has 56 heavy (non-hydrogen) atoms. The van der Waals surface area contributed by atoms with Crippen LogP contribution in [0.1, 0.15) is 110 Å². The number of piperidine rings is 1. The van der Waals surface area contributed by atoms with Gasteiger partial charge in [-0.25, -0.2) is 0 Å². The average Bonchev–Trinajstić information content (AvgIpc) is 4.03. The zero-order valence-corrected chi connectivity index (χ0v) is 35.5. The zero-order chi connectivity index (χ0) is 40.7. The van der Waals surface area contributed by atoms with Crippen molar-refractivity contribution in [3.63, 3.8) is 0 Å². The third-order valence-electron chi connectivity index (χ3n) is 13.9. The van der Waals surface area contributed by atoms with E-state index >= 15 is 0 Å².